The smallest absolute Gasteiger partial charge is 0.264 e. The van der Waals surface area contributed by atoms with Crippen molar-refractivity contribution in [2.45, 2.75) is 13.0 Å². The van der Waals surface area contributed by atoms with Gasteiger partial charge in [-0.05, 0) is 58.7 Å². The standard InChI is InChI=1S/C14H15BrN2O2/c15-13-3-1-8-17(14(13)18)9-2-10-19-12-6-4-11(16)5-7-12/h1,3-8H,2,9-10,16H2. The Kier molecular flexibility index (Phi) is 4.63. The maximum absolute atomic E-state index is 11.7. The topological polar surface area (TPSA) is 57.2 Å². The van der Waals surface area contributed by atoms with E-state index in [1.807, 2.05) is 18.2 Å². The molecule has 1 heterocycles. The first-order valence-corrected chi connectivity index (χ1v) is 6.79. The summed E-state index contributed by atoms with van der Waals surface area (Å²) in [6.45, 7) is 1.19. The summed E-state index contributed by atoms with van der Waals surface area (Å²) in [4.78, 5) is 11.7. The Morgan fingerprint density at radius 1 is 1.21 bits per heavy atom. The summed E-state index contributed by atoms with van der Waals surface area (Å²) in [7, 11) is 0. The van der Waals surface area contributed by atoms with Gasteiger partial charge in [0.1, 0.15) is 5.75 Å². The van der Waals surface area contributed by atoms with Crippen LogP contribution < -0.4 is 16.0 Å². The minimum absolute atomic E-state index is 0.0185. The summed E-state index contributed by atoms with van der Waals surface area (Å²) in [6.07, 6.45) is 2.54. The Balaban J connectivity index is 1.82. The molecule has 0 aliphatic carbocycles. The highest BCUT2D eigenvalue weighted by atomic mass is 79.9. The minimum Gasteiger partial charge on any atom is -0.494 e. The zero-order valence-electron chi connectivity index (χ0n) is 10.4. The maximum Gasteiger partial charge on any atom is 0.264 e. The molecule has 0 saturated heterocycles. The molecule has 100 valence electrons. The van der Waals surface area contributed by atoms with Crippen LogP contribution in [0.3, 0.4) is 0 Å². The number of benzene rings is 1. The molecule has 2 rings (SSSR count). The van der Waals surface area contributed by atoms with E-state index in [1.165, 1.54) is 0 Å². The van der Waals surface area contributed by atoms with Gasteiger partial charge < -0.3 is 15.0 Å². The second-order valence-corrected chi connectivity index (χ2v) is 4.98. The highest BCUT2D eigenvalue weighted by Crippen LogP contribution is 2.13. The number of nitrogens with two attached hydrogens (primary N) is 1. The second-order valence-electron chi connectivity index (χ2n) is 4.13. The van der Waals surface area contributed by atoms with Gasteiger partial charge in [-0.2, -0.15) is 0 Å². The number of ether oxygens (including phenoxy) is 1. The summed E-state index contributed by atoms with van der Waals surface area (Å²) in [6, 6.07) is 10.8. The predicted molar refractivity (Wildman–Crippen MR) is 79.4 cm³/mol. The van der Waals surface area contributed by atoms with Gasteiger partial charge in [0.05, 0.1) is 11.1 Å². The summed E-state index contributed by atoms with van der Waals surface area (Å²) in [5, 5.41) is 0. The van der Waals surface area contributed by atoms with Crippen LogP contribution in [0.25, 0.3) is 0 Å². The third-order valence-corrected chi connectivity index (χ3v) is 3.27. The van der Waals surface area contributed by atoms with Crippen LogP contribution in [-0.4, -0.2) is 11.2 Å². The number of pyridine rings is 1. The van der Waals surface area contributed by atoms with Crippen LogP contribution in [0.5, 0.6) is 5.75 Å². The van der Waals surface area contributed by atoms with Crippen molar-refractivity contribution >= 4 is 21.6 Å². The highest BCUT2D eigenvalue weighted by Gasteiger charge is 2.00. The average Bonchev–Trinajstić information content (AvgIpc) is 2.41. The molecular formula is C14H15BrN2O2. The molecule has 0 spiro atoms. The van der Waals surface area contributed by atoms with Crippen molar-refractivity contribution in [1.29, 1.82) is 0 Å². The van der Waals surface area contributed by atoms with E-state index in [2.05, 4.69) is 15.9 Å². The van der Waals surface area contributed by atoms with Gasteiger partial charge in [0.2, 0.25) is 0 Å². The van der Waals surface area contributed by atoms with Crippen LogP contribution in [0.15, 0.2) is 51.9 Å². The van der Waals surface area contributed by atoms with Crippen molar-refractivity contribution in [2.75, 3.05) is 12.3 Å². The first-order valence-electron chi connectivity index (χ1n) is 6.00. The van der Waals surface area contributed by atoms with Crippen LogP contribution >= 0.6 is 15.9 Å². The number of halogens is 1. The molecule has 2 N–H and O–H groups in total. The lowest BCUT2D eigenvalue weighted by Crippen LogP contribution is -2.20. The fraction of sp³-hybridized carbons (Fsp3) is 0.214. The zero-order valence-corrected chi connectivity index (χ0v) is 12.0. The monoisotopic (exact) mass is 322 g/mol. The van der Waals surface area contributed by atoms with E-state index < -0.39 is 0 Å². The largest absolute Gasteiger partial charge is 0.494 e. The average molecular weight is 323 g/mol. The van der Waals surface area contributed by atoms with Gasteiger partial charge >= 0.3 is 0 Å². The molecular weight excluding hydrogens is 308 g/mol. The molecule has 0 fully saturated rings. The van der Waals surface area contributed by atoms with Crippen molar-refractivity contribution in [3.63, 3.8) is 0 Å². The molecule has 4 nitrogen and oxygen atoms in total. The summed E-state index contributed by atoms with van der Waals surface area (Å²) >= 11 is 3.22. The Bertz CT molecular complexity index is 593. The minimum atomic E-state index is -0.0185. The van der Waals surface area contributed by atoms with Crippen molar-refractivity contribution in [2.24, 2.45) is 0 Å². The number of anilines is 1. The zero-order chi connectivity index (χ0) is 13.7. The lowest BCUT2D eigenvalue weighted by Gasteiger charge is -2.08. The SMILES string of the molecule is Nc1ccc(OCCCn2cccc(Br)c2=O)cc1. The lowest BCUT2D eigenvalue weighted by atomic mass is 10.3. The maximum atomic E-state index is 11.7. The molecule has 1 aromatic heterocycles. The first-order chi connectivity index (χ1) is 9.16. The van der Waals surface area contributed by atoms with Gasteiger partial charge in [0.25, 0.3) is 5.56 Å². The Hall–Kier alpha value is -1.75. The number of aromatic nitrogens is 1. The van der Waals surface area contributed by atoms with Gasteiger partial charge in [-0.25, -0.2) is 0 Å². The molecule has 2 aromatic rings. The van der Waals surface area contributed by atoms with Gasteiger partial charge in [0.15, 0.2) is 0 Å². The van der Waals surface area contributed by atoms with Crippen LogP contribution in [0.2, 0.25) is 0 Å². The second kappa shape index (κ2) is 6.43. The van der Waals surface area contributed by atoms with E-state index in [-0.39, 0.29) is 5.56 Å². The van der Waals surface area contributed by atoms with E-state index in [0.717, 1.165) is 12.2 Å². The molecule has 0 unspecified atom stereocenters. The molecule has 0 amide bonds. The van der Waals surface area contributed by atoms with Crippen LogP contribution in [0, 0.1) is 0 Å². The number of nitrogen functional groups attached to an aromatic ring is 1. The molecule has 0 atom stereocenters. The van der Waals surface area contributed by atoms with Gasteiger partial charge in [-0.15, -0.1) is 0 Å². The Morgan fingerprint density at radius 3 is 2.68 bits per heavy atom. The fourth-order valence-electron chi connectivity index (χ4n) is 1.67. The number of hydrogen-bond acceptors (Lipinski definition) is 3. The summed E-state index contributed by atoms with van der Waals surface area (Å²) in [5.74, 6) is 0.788. The van der Waals surface area contributed by atoms with E-state index in [0.29, 0.717) is 23.3 Å². The first kappa shape index (κ1) is 13.7. The van der Waals surface area contributed by atoms with Crippen molar-refractivity contribution < 1.29 is 4.74 Å². The summed E-state index contributed by atoms with van der Waals surface area (Å²) in [5.41, 5.74) is 6.29. The lowest BCUT2D eigenvalue weighted by molar-refractivity contribution is 0.301. The summed E-state index contributed by atoms with van der Waals surface area (Å²) < 4.78 is 7.81. The molecule has 0 saturated carbocycles. The van der Waals surface area contributed by atoms with E-state index >= 15 is 0 Å². The van der Waals surface area contributed by atoms with Crippen molar-refractivity contribution in [3.05, 3.63) is 57.4 Å². The number of aryl methyl sites for hydroxylation is 1. The molecule has 0 bridgehead atoms. The van der Waals surface area contributed by atoms with E-state index in [1.54, 1.807) is 29.0 Å². The van der Waals surface area contributed by atoms with Crippen LogP contribution in [0.4, 0.5) is 5.69 Å². The molecule has 1 aromatic carbocycles. The van der Waals surface area contributed by atoms with Gasteiger partial charge in [0, 0.05) is 18.4 Å². The Labute approximate surface area is 119 Å². The van der Waals surface area contributed by atoms with Crippen LogP contribution in [0.1, 0.15) is 6.42 Å². The number of nitrogens with zero attached hydrogens (tertiary/aromatic N) is 1. The molecule has 5 heteroatoms. The Morgan fingerprint density at radius 2 is 1.95 bits per heavy atom. The van der Waals surface area contributed by atoms with Gasteiger partial charge in [-0.1, -0.05) is 0 Å². The molecule has 19 heavy (non-hydrogen) atoms. The quantitative estimate of drug-likeness (QED) is 0.680. The van der Waals surface area contributed by atoms with Crippen LogP contribution in [-0.2, 0) is 6.54 Å². The fourth-order valence-corrected chi connectivity index (χ4v) is 2.05. The molecule has 0 radical (unpaired) electrons. The highest BCUT2D eigenvalue weighted by molar-refractivity contribution is 9.10. The number of rotatable bonds is 5. The van der Waals surface area contributed by atoms with Crippen molar-refractivity contribution in [1.82, 2.24) is 4.57 Å². The third-order valence-electron chi connectivity index (χ3n) is 2.67. The van der Waals surface area contributed by atoms with E-state index in [4.69, 9.17) is 10.5 Å². The number of hydrogen-bond donors (Lipinski definition) is 1. The molecule has 0 aliphatic heterocycles. The molecule has 0 aliphatic rings. The predicted octanol–water partition coefficient (Wildman–Crippen LogP) is 2.66. The third kappa shape index (κ3) is 3.86. The van der Waals surface area contributed by atoms with Gasteiger partial charge in [-0.3, -0.25) is 4.79 Å². The van der Waals surface area contributed by atoms with E-state index in [9.17, 15) is 4.79 Å². The van der Waals surface area contributed by atoms with Crippen molar-refractivity contribution in [3.8, 4) is 5.75 Å². The normalized spacial score (nSPS) is 10.4.